The van der Waals surface area contributed by atoms with Gasteiger partial charge in [0.25, 0.3) is 0 Å². The molecule has 1 aliphatic rings. The molecule has 0 bridgehead atoms. The van der Waals surface area contributed by atoms with Crippen molar-refractivity contribution >= 4 is 11.6 Å². The van der Waals surface area contributed by atoms with E-state index < -0.39 is 0 Å². The number of nitrogens with zero attached hydrogens (tertiary/aromatic N) is 2. The fraction of sp³-hybridized carbons (Fsp3) is 0.692. The van der Waals surface area contributed by atoms with Crippen molar-refractivity contribution in [3.8, 4) is 0 Å². The van der Waals surface area contributed by atoms with E-state index in [1.54, 1.807) is 13.2 Å². The Bertz CT molecular complexity index is 396. The Morgan fingerprint density at radius 3 is 2.89 bits per heavy atom. The zero-order valence-corrected chi connectivity index (χ0v) is 11.4. The SMILES string of the molecule is COCCOCCCNc1cc(N)nc(C2CC2)n1. The van der Waals surface area contributed by atoms with Crippen LogP contribution >= 0.6 is 0 Å². The molecule has 1 saturated carbocycles. The zero-order valence-electron chi connectivity index (χ0n) is 11.4. The zero-order chi connectivity index (χ0) is 13.5. The number of nitrogens with two attached hydrogens (primary N) is 1. The lowest BCUT2D eigenvalue weighted by Gasteiger charge is -2.08. The molecule has 0 aliphatic heterocycles. The second kappa shape index (κ2) is 7.25. The molecule has 1 aromatic heterocycles. The van der Waals surface area contributed by atoms with Crippen molar-refractivity contribution < 1.29 is 9.47 Å². The predicted molar refractivity (Wildman–Crippen MR) is 74.2 cm³/mol. The summed E-state index contributed by atoms with van der Waals surface area (Å²) in [5.74, 6) is 2.74. The van der Waals surface area contributed by atoms with Crippen LogP contribution in [0.2, 0.25) is 0 Å². The first-order chi connectivity index (χ1) is 9.29. The molecule has 0 atom stereocenters. The van der Waals surface area contributed by atoms with Gasteiger partial charge in [-0.1, -0.05) is 0 Å². The number of aromatic nitrogens is 2. The average Bonchev–Trinajstić information content (AvgIpc) is 3.21. The maximum absolute atomic E-state index is 5.78. The van der Waals surface area contributed by atoms with Crippen molar-refractivity contribution in [3.05, 3.63) is 11.9 Å². The van der Waals surface area contributed by atoms with Crippen LogP contribution in [0.4, 0.5) is 11.6 Å². The number of rotatable bonds is 9. The molecule has 6 nitrogen and oxygen atoms in total. The summed E-state index contributed by atoms with van der Waals surface area (Å²) in [7, 11) is 1.67. The summed E-state index contributed by atoms with van der Waals surface area (Å²) in [6.45, 7) is 2.81. The molecule has 0 spiro atoms. The third-order valence-corrected chi connectivity index (χ3v) is 2.91. The fourth-order valence-electron chi connectivity index (χ4n) is 1.73. The van der Waals surface area contributed by atoms with Crippen LogP contribution in [0.3, 0.4) is 0 Å². The van der Waals surface area contributed by atoms with E-state index in [-0.39, 0.29) is 0 Å². The molecule has 1 aliphatic carbocycles. The van der Waals surface area contributed by atoms with Gasteiger partial charge in [-0.2, -0.15) is 0 Å². The minimum atomic E-state index is 0.515. The maximum atomic E-state index is 5.78. The number of nitrogen functional groups attached to an aromatic ring is 1. The Kier molecular flexibility index (Phi) is 5.35. The molecular weight excluding hydrogens is 244 g/mol. The lowest BCUT2D eigenvalue weighted by molar-refractivity contribution is 0.0705. The molecule has 1 aromatic rings. The fourth-order valence-corrected chi connectivity index (χ4v) is 1.73. The standard InChI is InChI=1S/C13H22N4O2/c1-18-7-8-19-6-2-5-15-12-9-11(14)16-13(17-12)10-3-4-10/h9-10H,2-8H2,1H3,(H3,14,15,16,17). The van der Waals surface area contributed by atoms with Gasteiger partial charge in [-0.15, -0.1) is 0 Å². The molecule has 0 radical (unpaired) electrons. The van der Waals surface area contributed by atoms with Crippen LogP contribution in [-0.2, 0) is 9.47 Å². The summed E-state index contributed by atoms with van der Waals surface area (Å²) in [5.41, 5.74) is 5.78. The van der Waals surface area contributed by atoms with Crippen LogP contribution < -0.4 is 11.1 Å². The van der Waals surface area contributed by atoms with Gasteiger partial charge < -0.3 is 20.5 Å². The monoisotopic (exact) mass is 266 g/mol. The molecule has 3 N–H and O–H groups in total. The van der Waals surface area contributed by atoms with E-state index in [0.717, 1.165) is 24.6 Å². The first kappa shape index (κ1) is 14.0. The average molecular weight is 266 g/mol. The summed E-state index contributed by atoms with van der Waals surface area (Å²) in [6, 6.07) is 1.78. The van der Waals surface area contributed by atoms with E-state index in [0.29, 0.717) is 31.6 Å². The largest absolute Gasteiger partial charge is 0.384 e. The molecule has 0 aromatic carbocycles. The Labute approximate surface area is 113 Å². The summed E-state index contributed by atoms with van der Waals surface area (Å²) in [6.07, 6.45) is 3.28. The number of hydrogen-bond donors (Lipinski definition) is 2. The molecule has 6 heteroatoms. The number of methoxy groups -OCH3 is 1. The first-order valence-corrected chi connectivity index (χ1v) is 6.74. The van der Waals surface area contributed by atoms with Gasteiger partial charge >= 0.3 is 0 Å². The molecule has 19 heavy (non-hydrogen) atoms. The highest BCUT2D eigenvalue weighted by atomic mass is 16.5. The number of anilines is 2. The second-order valence-corrected chi connectivity index (χ2v) is 4.70. The topological polar surface area (TPSA) is 82.3 Å². The van der Waals surface area contributed by atoms with Gasteiger partial charge in [0.2, 0.25) is 0 Å². The summed E-state index contributed by atoms with van der Waals surface area (Å²) in [5, 5.41) is 3.26. The summed E-state index contributed by atoms with van der Waals surface area (Å²) >= 11 is 0. The van der Waals surface area contributed by atoms with Gasteiger partial charge in [0, 0.05) is 32.2 Å². The predicted octanol–water partition coefficient (Wildman–Crippen LogP) is 1.40. The highest BCUT2D eigenvalue weighted by Crippen LogP contribution is 2.38. The quantitative estimate of drug-likeness (QED) is 0.657. The Morgan fingerprint density at radius 2 is 2.16 bits per heavy atom. The van der Waals surface area contributed by atoms with Crippen LogP contribution in [0.1, 0.15) is 31.0 Å². The van der Waals surface area contributed by atoms with Crippen molar-refractivity contribution in [1.82, 2.24) is 9.97 Å². The molecule has 2 rings (SSSR count). The summed E-state index contributed by atoms with van der Waals surface area (Å²) < 4.78 is 10.3. The van der Waals surface area contributed by atoms with Gasteiger partial charge in [-0.3, -0.25) is 0 Å². The van der Waals surface area contributed by atoms with Crippen LogP contribution in [0.25, 0.3) is 0 Å². The van der Waals surface area contributed by atoms with Crippen molar-refractivity contribution in [3.63, 3.8) is 0 Å². The number of ether oxygens (including phenoxy) is 2. The number of hydrogen-bond acceptors (Lipinski definition) is 6. The molecule has 106 valence electrons. The van der Waals surface area contributed by atoms with Gasteiger partial charge in [0.1, 0.15) is 17.5 Å². The molecule has 1 fully saturated rings. The van der Waals surface area contributed by atoms with Gasteiger partial charge in [0.15, 0.2) is 0 Å². The normalized spacial score (nSPS) is 14.6. The lowest BCUT2D eigenvalue weighted by atomic mass is 10.3. The Balaban J connectivity index is 1.67. The number of nitrogens with one attached hydrogen (secondary N) is 1. The highest BCUT2D eigenvalue weighted by molar-refractivity contribution is 5.45. The third kappa shape index (κ3) is 5.00. The van der Waals surface area contributed by atoms with Crippen molar-refractivity contribution in [1.29, 1.82) is 0 Å². The molecule has 0 saturated heterocycles. The second-order valence-electron chi connectivity index (χ2n) is 4.70. The van der Waals surface area contributed by atoms with E-state index in [4.69, 9.17) is 15.2 Å². The van der Waals surface area contributed by atoms with Crippen molar-refractivity contribution in [2.75, 3.05) is 44.5 Å². The Hall–Kier alpha value is -1.40. The minimum absolute atomic E-state index is 0.515. The molecule has 0 amide bonds. The first-order valence-electron chi connectivity index (χ1n) is 6.74. The van der Waals surface area contributed by atoms with E-state index in [1.807, 2.05) is 0 Å². The van der Waals surface area contributed by atoms with Gasteiger partial charge in [-0.05, 0) is 19.3 Å². The van der Waals surface area contributed by atoms with Crippen molar-refractivity contribution in [2.45, 2.75) is 25.2 Å². The van der Waals surface area contributed by atoms with Crippen LogP contribution in [-0.4, -0.2) is 43.4 Å². The van der Waals surface area contributed by atoms with E-state index in [9.17, 15) is 0 Å². The Morgan fingerprint density at radius 1 is 1.32 bits per heavy atom. The van der Waals surface area contributed by atoms with Crippen LogP contribution in [0, 0.1) is 0 Å². The van der Waals surface area contributed by atoms with Gasteiger partial charge in [0.05, 0.1) is 13.2 Å². The van der Waals surface area contributed by atoms with E-state index >= 15 is 0 Å². The maximum Gasteiger partial charge on any atom is 0.136 e. The van der Waals surface area contributed by atoms with E-state index in [2.05, 4.69) is 15.3 Å². The lowest BCUT2D eigenvalue weighted by Crippen LogP contribution is -2.10. The smallest absolute Gasteiger partial charge is 0.136 e. The van der Waals surface area contributed by atoms with Crippen molar-refractivity contribution in [2.24, 2.45) is 0 Å². The molecule has 0 unspecified atom stereocenters. The highest BCUT2D eigenvalue weighted by Gasteiger charge is 2.27. The summed E-state index contributed by atoms with van der Waals surface area (Å²) in [4.78, 5) is 8.74. The van der Waals surface area contributed by atoms with Crippen LogP contribution in [0.5, 0.6) is 0 Å². The van der Waals surface area contributed by atoms with E-state index in [1.165, 1.54) is 12.8 Å². The van der Waals surface area contributed by atoms with Gasteiger partial charge in [-0.25, -0.2) is 9.97 Å². The molecule has 1 heterocycles. The molecular formula is C13H22N4O2. The van der Waals surface area contributed by atoms with Crippen LogP contribution in [0.15, 0.2) is 6.07 Å². The minimum Gasteiger partial charge on any atom is -0.384 e. The third-order valence-electron chi connectivity index (χ3n) is 2.91.